The van der Waals surface area contributed by atoms with Crippen molar-refractivity contribution >= 4 is 11.9 Å². The third kappa shape index (κ3) is 5.95. The maximum absolute atomic E-state index is 11.8. The summed E-state index contributed by atoms with van der Waals surface area (Å²) in [6.07, 6.45) is 3.72. The lowest BCUT2D eigenvalue weighted by atomic mass is 10.1. The number of rotatable bonds is 9. The molecule has 5 nitrogen and oxygen atoms in total. The number of nitrogens with one attached hydrogen (secondary N) is 2. The molecular formula is C16H22N2O3. The lowest BCUT2D eigenvalue weighted by Crippen LogP contribution is -2.42. The van der Waals surface area contributed by atoms with Crippen LogP contribution in [0.15, 0.2) is 30.3 Å². The zero-order valence-corrected chi connectivity index (χ0v) is 12.0. The summed E-state index contributed by atoms with van der Waals surface area (Å²) < 4.78 is 0. The predicted molar refractivity (Wildman–Crippen MR) is 80.0 cm³/mol. The fourth-order valence-electron chi connectivity index (χ4n) is 2.16. The highest BCUT2D eigenvalue weighted by molar-refractivity contribution is 5.83. The minimum atomic E-state index is -0.977. The molecule has 21 heavy (non-hydrogen) atoms. The molecule has 0 unspecified atom stereocenters. The van der Waals surface area contributed by atoms with Gasteiger partial charge in [0.05, 0.1) is 0 Å². The first kappa shape index (κ1) is 15.5. The van der Waals surface area contributed by atoms with Gasteiger partial charge in [-0.25, -0.2) is 4.79 Å². The Morgan fingerprint density at radius 3 is 2.57 bits per heavy atom. The van der Waals surface area contributed by atoms with Gasteiger partial charge in [0.25, 0.3) is 0 Å². The van der Waals surface area contributed by atoms with Gasteiger partial charge < -0.3 is 15.7 Å². The van der Waals surface area contributed by atoms with Crippen molar-refractivity contribution in [3.8, 4) is 0 Å². The van der Waals surface area contributed by atoms with Crippen molar-refractivity contribution in [3.05, 3.63) is 35.9 Å². The second-order valence-corrected chi connectivity index (χ2v) is 5.46. The van der Waals surface area contributed by atoms with Crippen LogP contribution in [0.25, 0.3) is 0 Å². The molecule has 3 N–H and O–H groups in total. The average molecular weight is 290 g/mol. The molecule has 1 atom stereocenters. The van der Waals surface area contributed by atoms with E-state index in [-0.39, 0.29) is 5.91 Å². The van der Waals surface area contributed by atoms with Crippen LogP contribution >= 0.6 is 0 Å². The first-order valence-electron chi connectivity index (χ1n) is 7.44. The second-order valence-electron chi connectivity index (χ2n) is 5.46. The van der Waals surface area contributed by atoms with Crippen molar-refractivity contribution in [3.63, 3.8) is 0 Å². The molecular weight excluding hydrogens is 268 g/mol. The summed E-state index contributed by atoms with van der Waals surface area (Å²) in [7, 11) is 0. The summed E-state index contributed by atoms with van der Waals surface area (Å²) in [4.78, 5) is 23.0. The normalized spacial score (nSPS) is 15.4. The van der Waals surface area contributed by atoms with Crippen LogP contribution in [0.3, 0.4) is 0 Å². The van der Waals surface area contributed by atoms with Gasteiger partial charge in [-0.1, -0.05) is 30.3 Å². The van der Waals surface area contributed by atoms with Gasteiger partial charge in [-0.2, -0.15) is 0 Å². The van der Waals surface area contributed by atoms with Crippen LogP contribution in [0.1, 0.15) is 31.2 Å². The molecule has 5 heteroatoms. The van der Waals surface area contributed by atoms with E-state index in [0.717, 1.165) is 5.56 Å². The van der Waals surface area contributed by atoms with E-state index < -0.39 is 12.0 Å². The molecule has 1 saturated carbocycles. The van der Waals surface area contributed by atoms with Crippen molar-refractivity contribution in [2.75, 3.05) is 6.54 Å². The molecule has 1 fully saturated rings. The van der Waals surface area contributed by atoms with Crippen LogP contribution in [0.5, 0.6) is 0 Å². The van der Waals surface area contributed by atoms with E-state index in [1.54, 1.807) is 0 Å². The van der Waals surface area contributed by atoms with E-state index >= 15 is 0 Å². The Bertz CT molecular complexity index is 472. The SMILES string of the molecule is O=C(CCNC1CC1)N[C@@H](CCc1ccccc1)C(=O)O. The Balaban J connectivity index is 1.72. The lowest BCUT2D eigenvalue weighted by molar-refractivity contribution is -0.142. The summed E-state index contributed by atoms with van der Waals surface area (Å²) in [5.41, 5.74) is 1.08. The van der Waals surface area contributed by atoms with Gasteiger partial charge in [-0.05, 0) is 31.2 Å². The average Bonchev–Trinajstić information content (AvgIpc) is 3.28. The summed E-state index contributed by atoms with van der Waals surface area (Å²) in [5.74, 6) is -1.18. The quantitative estimate of drug-likeness (QED) is 0.641. The minimum absolute atomic E-state index is 0.205. The van der Waals surface area contributed by atoms with Crippen LogP contribution < -0.4 is 10.6 Å². The first-order chi connectivity index (χ1) is 10.1. The third-order valence-corrected chi connectivity index (χ3v) is 3.56. The zero-order chi connectivity index (χ0) is 15.1. The van der Waals surface area contributed by atoms with E-state index in [1.165, 1.54) is 12.8 Å². The summed E-state index contributed by atoms with van der Waals surface area (Å²) in [5, 5.41) is 15.0. The third-order valence-electron chi connectivity index (χ3n) is 3.56. The molecule has 0 radical (unpaired) electrons. The Morgan fingerprint density at radius 2 is 1.95 bits per heavy atom. The molecule has 1 aromatic rings. The maximum Gasteiger partial charge on any atom is 0.326 e. The standard InChI is InChI=1S/C16H22N2O3/c19-15(10-11-17-13-7-8-13)18-14(16(20)21)9-6-12-4-2-1-3-5-12/h1-5,13-14,17H,6-11H2,(H,18,19)(H,20,21)/t14-/m0/s1. The maximum atomic E-state index is 11.8. The molecule has 0 aromatic heterocycles. The molecule has 0 bridgehead atoms. The van der Waals surface area contributed by atoms with Gasteiger partial charge in [0.1, 0.15) is 6.04 Å². The second kappa shape index (κ2) is 7.78. The van der Waals surface area contributed by atoms with Gasteiger partial charge in [-0.15, -0.1) is 0 Å². The monoisotopic (exact) mass is 290 g/mol. The molecule has 2 rings (SSSR count). The molecule has 1 aromatic carbocycles. The molecule has 0 spiro atoms. The van der Waals surface area contributed by atoms with Crippen molar-refractivity contribution in [1.29, 1.82) is 0 Å². The van der Waals surface area contributed by atoms with Crippen LogP contribution in [0.4, 0.5) is 0 Å². The fourth-order valence-corrected chi connectivity index (χ4v) is 2.16. The molecule has 1 aliphatic carbocycles. The van der Waals surface area contributed by atoms with Gasteiger partial charge in [-0.3, -0.25) is 4.79 Å². The number of hydrogen-bond donors (Lipinski definition) is 3. The highest BCUT2D eigenvalue weighted by Crippen LogP contribution is 2.18. The fraction of sp³-hybridized carbons (Fsp3) is 0.500. The Labute approximate surface area is 124 Å². The van der Waals surface area contributed by atoms with E-state index in [4.69, 9.17) is 0 Å². The molecule has 114 valence electrons. The van der Waals surface area contributed by atoms with Crippen molar-refractivity contribution in [2.24, 2.45) is 0 Å². The zero-order valence-electron chi connectivity index (χ0n) is 12.0. The van der Waals surface area contributed by atoms with Gasteiger partial charge in [0.15, 0.2) is 0 Å². The van der Waals surface area contributed by atoms with Crippen LogP contribution in [-0.2, 0) is 16.0 Å². The van der Waals surface area contributed by atoms with Gasteiger partial charge in [0.2, 0.25) is 5.91 Å². The lowest BCUT2D eigenvalue weighted by Gasteiger charge is -2.14. The van der Waals surface area contributed by atoms with Crippen molar-refractivity contribution in [2.45, 2.75) is 44.2 Å². The number of carboxylic acid groups (broad SMARTS) is 1. The molecule has 0 heterocycles. The van der Waals surface area contributed by atoms with Gasteiger partial charge >= 0.3 is 5.97 Å². The van der Waals surface area contributed by atoms with Crippen LogP contribution in [-0.4, -0.2) is 35.6 Å². The molecule has 0 saturated heterocycles. The number of hydrogen-bond acceptors (Lipinski definition) is 3. The first-order valence-corrected chi connectivity index (χ1v) is 7.44. The number of carboxylic acids is 1. The smallest absolute Gasteiger partial charge is 0.326 e. The van der Waals surface area contributed by atoms with Crippen molar-refractivity contribution in [1.82, 2.24) is 10.6 Å². The van der Waals surface area contributed by atoms with E-state index in [0.29, 0.717) is 31.8 Å². The molecule has 1 aliphatic rings. The summed E-state index contributed by atoms with van der Waals surface area (Å²) in [6.45, 7) is 0.613. The van der Waals surface area contributed by atoms with E-state index in [2.05, 4.69) is 10.6 Å². The van der Waals surface area contributed by atoms with E-state index in [9.17, 15) is 14.7 Å². The summed E-state index contributed by atoms with van der Waals surface area (Å²) in [6, 6.07) is 9.43. The highest BCUT2D eigenvalue weighted by atomic mass is 16.4. The van der Waals surface area contributed by atoms with Crippen LogP contribution in [0, 0.1) is 0 Å². The Hall–Kier alpha value is -1.88. The van der Waals surface area contributed by atoms with E-state index in [1.807, 2.05) is 30.3 Å². The number of carbonyl (C=O) groups is 2. The molecule has 0 aliphatic heterocycles. The van der Waals surface area contributed by atoms with Crippen LogP contribution in [0.2, 0.25) is 0 Å². The molecule has 1 amide bonds. The predicted octanol–water partition coefficient (Wildman–Crippen LogP) is 1.33. The number of aryl methyl sites for hydroxylation is 1. The number of amides is 1. The highest BCUT2D eigenvalue weighted by Gasteiger charge is 2.22. The number of aliphatic carboxylic acids is 1. The Morgan fingerprint density at radius 1 is 1.24 bits per heavy atom. The number of carbonyl (C=O) groups excluding carboxylic acids is 1. The largest absolute Gasteiger partial charge is 0.480 e. The Kier molecular flexibility index (Phi) is 5.75. The van der Waals surface area contributed by atoms with Gasteiger partial charge in [0, 0.05) is 19.0 Å². The number of benzene rings is 1. The topological polar surface area (TPSA) is 78.4 Å². The van der Waals surface area contributed by atoms with Crippen molar-refractivity contribution < 1.29 is 14.7 Å². The summed E-state index contributed by atoms with van der Waals surface area (Å²) >= 11 is 0. The minimum Gasteiger partial charge on any atom is -0.480 e.